The Bertz CT molecular complexity index is 569. The highest BCUT2D eigenvalue weighted by Gasteiger charge is 2.24. The summed E-state index contributed by atoms with van der Waals surface area (Å²) in [5, 5.41) is 7.98. The van der Waals surface area contributed by atoms with Gasteiger partial charge in [-0.05, 0) is 32.0 Å². The predicted molar refractivity (Wildman–Crippen MR) is 82.2 cm³/mol. The zero-order valence-electron chi connectivity index (χ0n) is 12.7. The molecule has 2 heterocycles. The Hall–Kier alpha value is -1.88. The molecule has 0 bridgehead atoms. The quantitative estimate of drug-likeness (QED) is 0.864. The van der Waals surface area contributed by atoms with E-state index < -0.39 is 0 Å². The van der Waals surface area contributed by atoms with E-state index in [4.69, 9.17) is 4.42 Å². The van der Waals surface area contributed by atoms with Crippen LogP contribution in [0.3, 0.4) is 0 Å². The van der Waals surface area contributed by atoms with Gasteiger partial charge in [0.15, 0.2) is 0 Å². The first-order valence-corrected chi connectivity index (χ1v) is 7.51. The minimum atomic E-state index is 0.520. The minimum absolute atomic E-state index is 0.520. The van der Waals surface area contributed by atoms with Gasteiger partial charge in [-0.25, -0.2) is 0 Å². The fraction of sp³-hybridized carbons (Fsp3) is 0.500. The van der Waals surface area contributed by atoms with Crippen molar-refractivity contribution in [2.75, 3.05) is 25.0 Å². The van der Waals surface area contributed by atoms with Gasteiger partial charge < -0.3 is 9.32 Å². The second kappa shape index (κ2) is 6.26. The molecule has 3 rings (SSSR count). The summed E-state index contributed by atoms with van der Waals surface area (Å²) in [5.41, 5.74) is 1.31. The van der Waals surface area contributed by atoms with E-state index in [9.17, 15) is 0 Å². The van der Waals surface area contributed by atoms with Crippen LogP contribution in [0.1, 0.15) is 24.6 Å². The van der Waals surface area contributed by atoms with Gasteiger partial charge in [0.25, 0.3) is 0 Å². The summed E-state index contributed by atoms with van der Waals surface area (Å²) in [6.07, 6.45) is 2.43. The van der Waals surface area contributed by atoms with E-state index in [1.165, 1.54) is 18.5 Å². The molecule has 1 aromatic heterocycles. The van der Waals surface area contributed by atoms with Crippen molar-refractivity contribution in [1.82, 2.24) is 15.1 Å². The fourth-order valence-electron chi connectivity index (χ4n) is 2.93. The highest BCUT2D eigenvalue weighted by Crippen LogP contribution is 2.22. The van der Waals surface area contributed by atoms with Crippen LogP contribution in [0.2, 0.25) is 0 Å². The Kier molecular flexibility index (Phi) is 4.20. The summed E-state index contributed by atoms with van der Waals surface area (Å²) in [5.74, 6) is 1.33. The highest BCUT2D eigenvalue weighted by molar-refractivity contribution is 5.46. The molecular formula is C16H22N4O. The lowest BCUT2D eigenvalue weighted by Crippen LogP contribution is -2.46. The standard InChI is InChI=1S/C16H22N4O/c1-13-17-18-16(21-13)12-19(2)15-9-6-10-20(11-15)14-7-4-3-5-8-14/h3-5,7-8,15H,6,9-12H2,1-2H3. The summed E-state index contributed by atoms with van der Waals surface area (Å²) in [6, 6.07) is 11.2. The fourth-order valence-corrected chi connectivity index (χ4v) is 2.93. The Labute approximate surface area is 125 Å². The molecule has 21 heavy (non-hydrogen) atoms. The average Bonchev–Trinajstić information content (AvgIpc) is 2.93. The van der Waals surface area contributed by atoms with Crippen molar-refractivity contribution in [3.05, 3.63) is 42.1 Å². The monoisotopic (exact) mass is 286 g/mol. The lowest BCUT2D eigenvalue weighted by molar-refractivity contribution is 0.190. The van der Waals surface area contributed by atoms with Gasteiger partial charge in [-0.15, -0.1) is 10.2 Å². The molecule has 0 amide bonds. The molecule has 0 spiro atoms. The summed E-state index contributed by atoms with van der Waals surface area (Å²) < 4.78 is 5.48. The number of aryl methyl sites for hydroxylation is 1. The van der Waals surface area contributed by atoms with Crippen molar-refractivity contribution in [3.8, 4) is 0 Å². The number of hydrogen-bond acceptors (Lipinski definition) is 5. The lowest BCUT2D eigenvalue weighted by Gasteiger charge is -2.38. The van der Waals surface area contributed by atoms with Gasteiger partial charge in [0, 0.05) is 31.7 Å². The van der Waals surface area contributed by atoms with Crippen molar-refractivity contribution in [2.45, 2.75) is 32.4 Å². The Balaban J connectivity index is 1.62. The molecule has 1 unspecified atom stereocenters. The highest BCUT2D eigenvalue weighted by atomic mass is 16.4. The number of nitrogens with zero attached hydrogens (tertiary/aromatic N) is 4. The van der Waals surface area contributed by atoms with Crippen LogP contribution in [0.25, 0.3) is 0 Å². The molecule has 1 aliphatic heterocycles. The zero-order chi connectivity index (χ0) is 14.7. The van der Waals surface area contributed by atoms with Gasteiger partial charge in [-0.3, -0.25) is 4.90 Å². The molecule has 1 atom stereocenters. The van der Waals surface area contributed by atoms with Crippen molar-refractivity contribution in [3.63, 3.8) is 0 Å². The van der Waals surface area contributed by atoms with Crippen LogP contribution in [0.4, 0.5) is 5.69 Å². The van der Waals surface area contributed by atoms with Crippen LogP contribution >= 0.6 is 0 Å². The number of para-hydroxylation sites is 1. The Morgan fingerprint density at radius 3 is 2.81 bits per heavy atom. The van der Waals surface area contributed by atoms with E-state index in [0.29, 0.717) is 24.4 Å². The molecule has 1 aliphatic rings. The molecular weight excluding hydrogens is 264 g/mol. The number of piperidine rings is 1. The number of rotatable bonds is 4. The Morgan fingerprint density at radius 1 is 1.29 bits per heavy atom. The summed E-state index contributed by atoms with van der Waals surface area (Å²) in [6.45, 7) is 4.73. The summed E-state index contributed by atoms with van der Waals surface area (Å²) in [7, 11) is 2.14. The van der Waals surface area contributed by atoms with E-state index in [-0.39, 0.29) is 0 Å². The number of aromatic nitrogens is 2. The van der Waals surface area contributed by atoms with Gasteiger partial charge in [0.05, 0.1) is 6.54 Å². The zero-order valence-corrected chi connectivity index (χ0v) is 12.7. The van der Waals surface area contributed by atoms with Gasteiger partial charge >= 0.3 is 0 Å². The molecule has 1 saturated heterocycles. The van der Waals surface area contributed by atoms with Gasteiger partial charge in [-0.2, -0.15) is 0 Å². The smallest absolute Gasteiger partial charge is 0.230 e. The van der Waals surface area contributed by atoms with E-state index in [2.05, 4.69) is 57.4 Å². The van der Waals surface area contributed by atoms with Crippen LogP contribution in [0.5, 0.6) is 0 Å². The molecule has 0 N–H and O–H groups in total. The van der Waals surface area contributed by atoms with Crippen LogP contribution in [0.15, 0.2) is 34.7 Å². The van der Waals surface area contributed by atoms with Crippen LogP contribution < -0.4 is 4.90 Å². The summed E-state index contributed by atoms with van der Waals surface area (Å²) >= 11 is 0. The van der Waals surface area contributed by atoms with Crippen LogP contribution in [0, 0.1) is 6.92 Å². The molecule has 1 aromatic carbocycles. The van der Waals surface area contributed by atoms with E-state index in [1.54, 1.807) is 0 Å². The van der Waals surface area contributed by atoms with E-state index >= 15 is 0 Å². The first kappa shape index (κ1) is 14.1. The SMILES string of the molecule is Cc1nnc(CN(C)C2CCCN(c3ccccc3)C2)o1. The maximum Gasteiger partial charge on any atom is 0.230 e. The molecule has 0 saturated carbocycles. The summed E-state index contributed by atoms with van der Waals surface area (Å²) in [4.78, 5) is 4.78. The molecule has 2 aromatic rings. The van der Waals surface area contributed by atoms with Crippen LogP contribution in [-0.2, 0) is 6.54 Å². The number of likely N-dealkylation sites (N-methyl/N-ethyl adjacent to an activating group) is 1. The molecule has 5 nitrogen and oxygen atoms in total. The second-order valence-corrected chi connectivity index (χ2v) is 5.71. The maximum absolute atomic E-state index is 5.48. The van der Waals surface area contributed by atoms with Crippen molar-refractivity contribution in [2.24, 2.45) is 0 Å². The third-order valence-electron chi connectivity index (χ3n) is 4.09. The molecule has 0 aliphatic carbocycles. The maximum atomic E-state index is 5.48. The number of anilines is 1. The first-order valence-electron chi connectivity index (χ1n) is 7.51. The largest absolute Gasteiger partial charge is 0.424 e. The number of benzene rings is 1. The molecule has 0 radical (unpaired) electrons. The van der Waals surface area contributed by atoms with Crippen molar-refractivity contribution < 1.29 is 4.42 Å². The molecule has 5 heteroatoms. The molecule has 112 valence electrons. The Morgan fingerprint density at radius 2 is 2.10 bits per heavy atom. The van der Waals surface area contributed by atoms with Gasteiger partial charge in [-0.1, -0.05) is 18.2 Å². The third-order valence-corrected chi connectivity index (χ3v) is 4.09. The van der Waals surface area contributed by atoms with E-state index in [1.807, 2.05) is 6.92 Å². The second-order valence-electron chi connectivity index (χ2n) is 5.71. The normalized spacial score (nSPS) is 19.2. The third kappa shape index (κ3) is 3.42. The molecule has 1 fully saturated rings. The lowest BCUT2D eigenvalue weighted by atomic mass is 10.0. The minimum Gasteiger partial charge on any atom is -0.424 e. The topological polar surface area (TPSA) is 45.4 Å². The van der Waals surface area contributed by atoms with E-state index in [0.717, 1.165) is 13.1 Å². The van der Waals surface area contributed by atoms with Crippen molar-refractivity contribution in [1.29, 1.82) is 0 Å². The number of hydrogen-bond donors (Lipinski definition) is 0. The van der Waals surface area contributed by atoms with Crippen LogP contribution in [-0.4, -0.2) is 41.3 Å². The van der Waals surface area contributed by atoms with Gasteiger partial charge in [0.2, 0.25) is 11.8 Å². The van der Waals surface area contributed by atoms with Gasteiger partial charge in [0.1, 0.15) is 0 Å². The predicted octanol–water partition coefficient (Wildman–Crippen LogP) is 2.48. The first-order chi connectivity index (χ1) is 10.2. The average molecular weight is 286 g/mol. The van der Waals surface area contributed by atoms with Crippen molar-refractivity contribution >= 4 is 5.69 Å².